The zero-order valence-corrected chi connectivity index (χ0v) is 8.38. The van der Waals surface area contributed by atoms with Crippen LogP contribution in [0.5, 0.6) is 0 Å². The molecule has 0 radical (unpaired) electrons. The Kier molecular flexibility index (Phi) is 2.62. The van der Waals surface area contributed by atoms with E-state index in [1.165, 1.54) is 0 Å². The Balaban J connectivity index is 2.08. The van der Waals surface area contributed by atoms with Crippen molar-refractivity contribution in [3.8, 4) is 0 Å². The Morgan fingerprint density at radius 3 is 3.08 bits per heavy atom. The molecule has 1 aliphatic rings. The van der Waals surface area contributed by atoms with Crippen LogP contribution in [0.3, 0.4) is 0 Å². The van der Waals surface area contributed by atoms with Crippen molar-refractivity contribution >= 4 is 11.3 Å². The predicted molar refractivity (Wildman–Crippen MR) is 50.6 cm³/mol. The van der Waals surface area contributed by atoms with E-state index in [1.54, 1.807) is 17.5 Å². The summed E-state index contributed by atoms with van der Waals surface area (Å²) in [5.74, 6) is 0. The number of aliphatic hydroxyl groups is 1. The van der Waals surface area contributed by atoms with E-state index in [2.05, 4.69) is 11.9 Å². The lowest BCUT2D eigenvalue weighted by molar-refractivity contribution is 0.0554. The first-order valence-corrected chi connectivity index (χ1v) is 5.32. The maximum absolute atomic E-state index is 8.88. The number of thiazole rings is 1. The Morgan fingerprint density at radius 1 is 1.69 bits per heavy atom. The van der Waals surface area contributed by atoms with Gasteiger partial charge in [0.2, 0.25) is 0 Å². The average Bonchev–Trinajstić information content (AvgIpc) is 2.71. The summed E-state index contributed by atoms with van der Waals surface area (Å²) in [7, 11) is 0. The number of nitrogens with zero attached hydrogens (tertiary/aromatic N) is 1. The third kappa shape index (κ3) is 1.90. The van der Waals surface area contributed by atoms with Crippen molar-refractivity contribution in [1.29, 1.82) is 0 Å². The predicted octanol–water partition coefficient (Wildman–Crippen LogP) is 1.88. The van der Waals surface area contributed by atoms with E-state index in [1.807, 2.05) is 0 Å². The van der Waals surface area contributed by atoms with Gasteiger partial charge in [0.1, 0.15) is 11.1 Å². The fraction of sp³-hybridized carbons (Fsp3) is 0.667. The number of hydrogen-bond acceptors (Lipinski definition) is 4. The molecule has 2 atom stereocenters. The molecule has 0 saturated carbocycles. The molecule has 0 aromatic carbocycles. The van der Waals surface area contributed by atoms with Crippen molar-refractivity contribution < 1.29 is 9.84 Å². The summed E-state index contributed by atoms with van der Waals surface area (Å²) in [4.78, 5) is 5.15. The molecular formula is C9H13NO2S. The van der Waals surface area contributed by atoms with Crippen LogP contribution < -0.4 is 0 Å². The topological polar surface area (TPSA) is 42.4 Å². The van der Waals surface area contributed by atoms with Crippen LogP contribution in [0.15, 0.2) is 6.20 Å². The molecule has 0 bridgehead atoms. The molecule has 1 N–H and O–H groups in total. The van der Waals surface area contributed by atoms with Gasteiger partial charge in [-0.2, -0.15) is 0 Å². The van der Waals surface area contributed by atoms with E-state index in [-0.39, 0.29) is 12.7 Å². The first-order chi connectivity index (χ1) is 6.29. The summed E-state index contributed by atoms with van der Waals surface area (Å²) >= 11 is 1.55. The lowest BCUT2D eigenvalue weighted by atomic mass is 10.2. The molecule has 1 saturated heterocycles. The van der Waals surface area contributed by atoms with Gasteiger partial charge in [0.25, 0.3) is 0 Å². The fourth-order valence-electron chi connectivity index (χ4n) is 1.53. The van der Waals surface area contributed by atoms with E-state index < -0.39 is 0 Å². The van der Waals surface area contributed by atoms with Gasteiger partial charge in [-0.15, -0.1) is 11.3 Å². The Labute approximate surface area is 81.4 Å². The van der Waals surface area contributed by atoms with Crippen LogP contribution in [0, 0.1) is 0 Å². The van der Waals surface area contributed by atoms with E-state index in [9.17, 15) is 0 Å². The first-order valence-electron chi connectivity index (χ1n) is 4.50. The molecular weight excluding hydrogens is 186 g/mol. The summed E-state index contributed by atoms with van der Waals surface area (Å²) in [6.45, 7) is 2.17. The summed E-state index contributed by atoms with van der Waals surface area (Å²) < 4.78 is 5.67. The summed E-state index contributed by atoms with van der Waals surface area (Å²) in [6.07, 6.45) is 4.41. The Hall–Kier alpha value is -0.450. The second kappa shape index (κ2) is 3.74. The molecule has 72 valence electrons. The molecule has 0 spiro atoms. The van der Waals surface area contributed by atoms with Gasteiger partial charge in [0.15, 0.2) is 0 Å². The van der Waals surface area contributed by atoms with Gasteiger partial charge in [-0.05, 0) is 19.8 Å². The molecule has 0 aliphatic carbocycles. The normalized spacial score (nSPS) is 28.2. The third-order valence-electron chi connectivity index (χ3n) is 2.23. The molecule has 1 aromatic rings. The lowest BCUT2D eigenvalue weighted by Gasteiger charge is -2.06. The minimum Gasteiger partial charge on any atom is -0.391 e. The molecule has 4 heteroatoms. The second-order valence-corrected chi connectivity index (χ2v) is 4.48. The van der Waals surface area contributed by atoms with Gasteiger partial charge in [-0.1, -0.05) is 0 Å². The molecule has 3 nitrogen and oxygen atoms in total. The van der Waals surface area contributed by atoms with Crippen LogP contribution in [-0.4, -0.2) is 16.2 Å². The molecule has 2 unspecified atom stereocenters. The van der Waals surface area contributed by atoms with Gasteiger partial charge >= 0.3 is 0 Å². The fourth-order valence-corrected chi connectivity index (χ4v) is 2.38. The largest absolute Gasteiger partial charge is 0.391 e. The highest BCUT2D eigenvalue weighted by atomic mass is 32.1. The van der Waals surface area contributed by atoms with Crippen LogP contribution in [0.1, 0.15) is 35.8 Å². The quantitative estimate of drug-likeness (QED) is 0.790. The summed E-state index contributed by atoms with van der Waals surface area (Å²) in [5, 5.41) is 9.88. The van der Waals surface area contributed by atoms with Crippen LogP contribution in [0.25, 0.3) is 0 Å². The molecule has 2 heterocycles. The minimum absolute atomic E-state index is 0.0833. The Bertz CT molecular complexity index is 287. The molecule has 13 heavy (non-hydrogen) atoms. The van der Waals surface area contributed by atoms with Crippen molar-refractivity contribution in [1.82, 2.24) is 4.98 Å². The van der Waals surface area contributed by atoms with Crippen LogP contribution in [0.2, 0.25) is 0 Å². The molecule has 0 amide bonds. The Morgan fingerprint density at radius 2 is 2.54 bits per heavy atom. The molecule has 2 rings (SSSR count). The summed E-state index contributed by atoms with van der Waals surface area (Å²) in [6, 6.07) is 0. The lowest BCUT2D eigenvalue weighted by Crippen LogP contribution is -2.00. The molecule has 1 fully saturated rings. The van der Waals surface area contributed by atoms with Crippen molar-refractivity contribution in [2.75, 3.05) is 0 Å². The van der Waals surface area contributed by atoms with Crippen LogP contribution >= 0.6 is 11.3 Å². The first kappa shape index (κ1) is 9.12. The molecule has 1 aromatic heterocycles. The van der Waals surface area contributed by atoms with Crippen molar-refractivity contribution in [3.63, 3.8) is 0 Å². The van der Waals surface area contributed by atoms with Crippen LogP contribution in [0.4, 0.5) is 0 Å². The highest BCUT2D eigenvalue weighted by molar-refractivity contribution is 7.11. The van der Waals surface area contributed by atoms with E-state index in [0.717, 1.165) is 22.7 Å². The standard InChI is InChI=1S/C9H13NO2S/c1-6-2-3-8(12-6)9-10-4-7(5-11)13-9/h4,6,8,11H,2-3,5H2,1H3. The maximum Gasteiger partial charge on any atom is 0.122 e. The SMILES string of the molecule is CC1CCC(c2ncc(CO)s2)O1. The zero-order valence-electron chi connectivity index (χ0n) is 7.56. The van der Waals surface area contributed by atoms with Crippen LogP contribution in [-0.2, 0) is 11.3 Å². The summed E-state index contributed by atoms with van der Waals surface area (Å²) in [5.41, 5.74) is 0. The maximum atomic E-state index is 8.88. The number of hydrogen-bond donors (Lipinski definition) is 1. The zero-order chi connectivity index (χ0) is 9.26. The van der Waals surface area contributed by atoms with Gasteiger partial charge in [0.05, 0.1) is 17.6 Å². The number of rotatable bonds is 2. The van der Waals surface area contributed by atoms with Crippen molar-refractivity contribution in [3.05, 3.63) is 16.1 Å². The van der Waals surface area contributed by atoms with Crippen molar-refractivity contribution in [2.45, 2.75) is 38.6 Å². The van der Waals surface area contributed by atoms with Gasteiger partial charge in [-0.25, -0.2) is 4.98 Å². The van der Waals surface area contributed by atoms with Crippen molar-refractivity contribution in [2.24, 2.45) is 0 Å². The van der Waals surface area contributed by atoms with Gasteiger partial charge in [-0.3, -0.25) is 0 Å². The molecule has 1 aliphatic heterocycles. The van der Waals surface area contributed by atoms with Gasteiger partial charge < -0.3 is 9.84 Å². The third-order valence-corrected chi connectivity index (χ3v) is 3.31. The van der Waals surface area contributed by atoms with Gasteiger partial charge in [0, 0.05) is 6.20 Å². The smallest absolute Gasteiger partial charge is 0.122 e. The van der Waals surface area contributed by atoms with E-state index in [4.69, 9.17) is 9.84 Å². The number of aromatic nitrogens is 1. The minimum atomic E-state index is 0.0833. The highest BCUT2D eigenvalue weighted by Gasteiger charge is 2.25. The number of ether oxygens (including phenoxy) is 1. The number of aliphatic hydroxyl groups excluding tert-OH is 1. The highest BCUT2D eigenvalue weighted by Crippen LogP contribution is 2.34. The second-order valence-electron chi connectivity index (χ2n) is 3.34. The van der Waals surface area contributed by atoms with E-state index >= 15 is 0 Å². The monoisotopic (exact) mass is 199 g/mol. The van der Waals surface area contributed by atoms with E-state index in [0.29, 0.717) is 6.10 Å². The average molecular weight is 199 g/mol.